The van der Waals surface area contributed by atoms with E-state index < -0.39 is 0 Å². The van der Waals surface area contributed by atoms with E-state index in [1.165, 1.54) is 25.6 Å². The lowest BCUT2D eigenvalue weighted by Crippen LogP contribution is -2.36. The van der Waals surface area contributed by atoms with E-state index in [1.54, 1.807) is 4.90 Å². The quantitative estimate of drug-likeness (QED) is 0.849. The van der Waals surface area contributed by atoms with Crippen molar-refractivity contribution in [2.45, 2.75) is 24.1 Å². The van der Waals surface area contributed by atoms with Gasteiger partial charge in [0, 0.05) is 24.3 Å². The number of rotatable bonds is 2. The minimum Gasteiger partial charge on any atom is -0.293 e. The van der Waals surface area contributed by atoms with Gasteiger partial charge in [0.2, 0.25) is 11.8 Å². The molecule has 0 aromatic heterocycles. The molecule has 5 heteroatoms. The van der Waals surface area contributed by atoms with E-state index in [-0.39, 0.29) is 17.2 Å². The van der Waals surface area contributed by atoms with Crippen molar-refractivity contribution in [1.82, 2.24) is 0 Å². The van der Waals surface area contributed by atoms with Gasteiger partial charge in [-0.05, 0) is 18.2 Å². The molecular formula is C18H16N2O2S. The molecule has 0 N–H and O–H groups in total. The predicted molar refractivity (Wildman–Crippen MR) is 92.9 cm³/mol. The van der Waals surface area contributed by atoms with Crippen LogP contribution in [-0.2, 0) is 9.59 Å². The molecule has 1 aliphatic heterocycles. The topological polar surface area (TPSA) is 49.7 Å². The van der Waals surface area contributed by atoms with E-state index in [2.05, 4.69) is 4.99 Å². The Morgan fingerprint density at radius 3 is 2.30 bits per heavy atom. The van der Waals surface area contributed by atoms with Crippen molar-refractivity contribution in [1.29, 1.82) is 0 Å². The van der Waals surface area contributed by atoms with Gasteiger partial charge in [-0.1, -0.05) is 48.2 Å². The Morgan fingerprint density at radius 1 is 1.00 bits per heavy atom. The number of benzene rings is 2. The zero-order valence-corrected chi connectivity index (χ0v) is 13.7. The molecule has 0 bridgehead atoms. The van der Waals surface area contributed by atoms with Gasteiger partial charge < -0.3 is 0 Å². The highest BCUT2D eigenvalue weighted by molar-refractivity contribution is 8.00. The van der Waals surface area contributed by atoms with Crippen LogP contribution in [0.1, 0.15) is 19.4 Å². The molecule has 3 rings (SSSR count). The van der Waals surface area contributed by atoms with Crippen LogP contribution in [0.15, 0.2) is 64.5 Å². The van der Waals surface area contributed by atoms with Gasteiger partial charge in [-0.25, -0.2) is 4.99 Å². The maximum atomic E-state index is 12.2. The average molecular weight is 324 g/mol. The first kappa shape index (κ1) is 15.5. The van der Waals surface area contributed by atoms with E-state index in [1.807, 2.05) is 54.6 Å². The van der Waals surface area contributed by atoms with Crippen LogP contribution in [-0.4, -0.2) is 22.9 Å². The van der Waals surface area contributed by atoms with Gasteiger partial charge in [0.15, 0.2) is 0 Å². The molecule has 2 aromatic carbocycles. The highest BCUT2D eigenvalue weighted by Crippen LogP contribution is 2.40. The molecule has 0 saturated carbocycles. The molecule has 0 saturated heterocycles. The third-order valence-corrected chi connectivity index (χ3v) is 4.72. The first-order valence-corrected chi connectivity index (χ1v) is 8.16. The molecule has 2 aromatic rings. The zero-order valence-electron chi connectivity index (χ0n) is 12.9. The first-order chi connectivity index (χ1) is 11.1. The van der Waals surface area contributed by atoms with Crippen molar-refractivity contribution in [3.63, 3.8) is 0 Å². The third-order valence-electron chi connectivity index (χ3n) is 3.52. The van der Waals surface area contributed by atoms with Crippen LogP contribution in [0.4, 0.5) is 5.69 Å². The van der Waals surface area contributed by atoms with Gasteiger partial charge in [-0.15, -0.1) is 0 Å². The molecule has 1 unspecified atom stereocenters. The Morgan fingerprint density at radius 2 is 1.65 bits per heavy atom. The summed E-state index contributed by atoms with van der Waals surface area (Å²) in [6.45, 7) is 2.96. The summed E-state index contributed by atoms with van der Waals surface area (Å²) >= 11 is 1.52. The van der Waals surface area contributed by atoms with Crippen LogP contribution in [0.25, 0.3) is 0 Å². The van der Waals surface area contributed by atoms with Crippen molar-refractivity contribution >= 4 is 35.0 Å². The number of hydrogen-bond acceptors (Lipinski definition) is 3. The number of carbonyl (C=O) groups excluding carboxylic acids is 2. The van der Waals surface area contributed by atoms with Gasteiger partial charge in [-0.2, -0.15) is 0 Å². The van der Waals surface area contributed by atoms with Gasteiger partial charge in [0.05, 0.1) is 11.4 Å². The fourth-order valence-corrected chi connectivity index (χ4v) is 3.87. The maximum Gasteiger partial charge on any atom is 0.242 e. The summed E-state index contributed by atoms with van der Waals surface area (Å²) in [5.74, 6) is -0.335. The Kier molecular flexibility index (Phi) is 4.30. The molecule has 1 atom stereocenters. The number of para-hydroxylation sites is 1. The normalized spacial score (nSPS) is 18.1. The van der Waals surface area contributed by atoms with Crippen molar-refractivity contribution < 1.29 is 9.59 Å². The van der Waals surface area contributed by atoms with Crippen LogP contribution < -0.4 is 4.90 Å². The Bertz CT molecular complexity index is 787. The first-order valence-electron chi connectivity index (χ1n) is 7.28. The lowest BCUT2D eigenvalue weighted by Gasteiger charge is -2.23. The molecule has 0 aliphatic carbocycles. The number of nitrogens with zero attached hydrogens (tertiary/aromatic N) is 2. The van der Waals surface area contributed by atoms with E-state index >= 15 is 0 Å². The minimum atomic E-state index is -0.337. The fraction of sp³-hybridized carbons (Fsp3) is 0.167. The summed E-state index contributed by atoms with van der Waals surface area (Å²) in [5, 5.41) is -0.337. The van der Waals surface area contributed by atoms with E-state index in [0.29, 0.717) is 5.71 Å². The van der Waals surface area contributed by atoms with E-state index in [4.69, 9.17) is 0 Å². The van der Waals surface area contributed by atoms with Gasteiger partial charge in [-0.3, -0.25) is 14.5 Å². The molecule has 23 heavy (non-hydrogen) atoms. The highest BCUT2D eigenvalue weighted by atomic mass is 32.2. The second-order valence-electron chi connectivity index (χ2n) is 5.21. The summed E-state index contributed by atoms with van der Waals surface area (Å²) < 4.78 is 0. The molecule has 0 fully saturated rings. The second-order valence-corrected chi connectivity index (χ2v) is 6.36. The smallest absolute Gasteiger partial charge is 0.242 e. The average Bonchev–Trinajstić information content (AvgIpc) is 2.82. The van der Waals surface area contributed by atoms with Crippen LogP contribution in [0.5, 0.6) is 0 Å². The summed E-state index contributed by atoms with van der Waals surface area (Å²) in [6, 6.07) is 17.4. The van der Waals surface area contributed by atoms with Crippen LogP contribution in [0.3, 0.4) is 0 Å². The van der Waals surface area contributed by atoms with Crippen molar-refractivity contribution in [3.8, 4) is 0 Å². The van der Waals surface area contributed by atoms with Gasteiger partial charge in [0.25, 0.3) is 0 Å². The molecule has 116 valence electrons. The third kappa shape index (κ3) is 3.05. The lowest BCUT2D eigenvalue weighted by molar-refractivity contribution is -0.117. The minimum absolute atomic E-state index is 0.0698. The fourth-order valence-electron chi connectivity index (χ4n) is 2.64. The molecule has 0 radical (unpaired) electrons. The van der Waals surface area contributed by atoms with Crippen LogP contribution in [0.2, 0.25) is 0 Å². The van der Waals surface area contributed by atoms with E-state index in [0.717, 1.165) is 16.1 Å². The van der Waals surface area contributed by atoms with Crippen molar-refractivity contribution in [2.75, 3.05) is 4.90 Å². The Hall–Kier alpha value is -2.40. The van der Waals surface area contributed by atoms with E-state index in [9.17, 15) is 9.59 Å². The SMILES string of the molecule is CC(=O)N=C1c2ccccc2N(C(C)=O)C1Sc1ccccc1. The van der Waals surface area contributed by atoms with Crippen molar-refractivity contribution in [3.05, 3.63) is 60.2 Å². The summed E-state index contributed by atoms with van der Waals surface area (Å²) in [5.41, 5.74) is 2.27. The summed E-state index contributed by atoms with van der Waals surface area (Å²) in [4.78, 5) is 30.7. The number of thioether (sulfide) groups is 1. The zero-order chi connectivity index (χ0) is 16.4. The van der Waals surface area contributed by atoms with Crippen molar-refractivity contribution in [2.24, 2.45) is 4.99 Å². The number of aliphatic imine (C=N–C) groups is 1. The predicted octanol–water partition coefficient (Wildman–Crippen LogP) is 3.51. The molecular weight excluding hydrogens is 308 g/mol. The largest absolute Gasteiger partial charge is 0.293 e. The van der Waals surface area contributed by atoms with Crippen LogP contribution in [0, 0.1) is 0 Å². The number of carbonyl (C=O) groups is 2. The van der Waals surface area contributed by atoms with Gasteiger partial charge >= 0.3 is 0 Å². The number of amides is 2. The Labute approximate surface area is 139 Å². The second kappa shape index (κ2) is 6.38. The Balaban J connectivity index is 2.10. The van der Waals surface area contributed by atoms with Gasteiger partial charge in [0.1, 0.15) is 5.37 Å². The monoisotopic (exact) mass is 324 g/mol. The molecule has 4 nitrogen and oxygen atoms in total. The standard InChI is InChI=1S/C18H16N2O2S/c1-12(21)19-17-15-10-6-7-11-16(15)20(13(2)22)18(17)23-14-8-4-3-5-9-14/h3-11,18H,1-2H3. The van der Waals surface area contributed by atoms with Crippen LogP contribution >= 0.6 is 11.8 Å². The number of anilines is 1. The maximum absolute atomic E-state index is 12.2. The summed E-state index contributed by atoms with van der Waals surface area (Å²) in [7, 11) is 0. The number of fused-ring (bicyclic) bond motifs is 1. The summed E-state index contributed by atoms with van der Waals surface area (Å²) in [6.07, 6.45) is 0. The molecule has 1 heterocycles. The molecule has 1 aliphatic rings. The molecule has 2 amide bonds. The number of hydrogen-bond donors (Lipinski definition) is 0. The molecule has 0 spiro atoms. The highest BCUT2D eigenvalue weighted by Gasteiger charge is 2.38. The lowest BCUT2D eigenvalue weighted by atomic mass is 10.1.